The first-order chi connectivity index (χ1) is 16.7. The standard InChI is InChI=1S/C24H32N6O6/c1-15(2)11-27-19(31)25(20(32)28(23(27)35)12-16(3)4)9-10-26-21(33)29(13-17(5)6)24(36)30(22(26)34)14-18(7)8/h1,3,5,7,9-14H2,2,4,6,8H3. The Hall–Kier alpha value is -4.22. The summed E-state index contributed by atoms with van der Waals surface area (Å²) in [5.74, 6) is 0. The predicted octanol–water partition coefficient (Wildman–Crippen LogP) is -0.339. The number of allylic oxidation sites excluding steroid dienone is 4. The number of rotatable bonds is 11. The third-order valence-electron chi connectivity index (χ3n) is 5.03. The molecule has 0 saturated heterocycles. The van der Waals surface area contributed by atoms with Crippen LogP contribution in [-0.2, 0) is 39.3 Å². The van der Waals surface area contributed by atoms with E-state index in [-0.39, 0.29) is 26.2 Å². The summed E-state index contributed by atoms with van der Waals surface area (Å²) in [6, 6.07) is 0. The second-order valence-corrected chi connectivity index (χ2v) is 9.17. The fraction of sp³-hybridized carbons (Fsp3) is 0.417. The van der Waals surface area contributed by atoms with Crippen LogP contribution in [0.15, 0.2) is 77.4 Å². The molecule has 2 heterocycles. The third-order valence-corrected chi connectivity index (χ3v) is 5.03. The van der Waals surface area contributed by atoms with Gasteiger partial charge in [-0.1, -0.05) is 48.6 Å². The summed E-state index contributed by atoms with van der Waals surface area (Å²) < 4.78 is 4.98. The molecule has 0 radical (unpaired) electrons. The molecule has 0 N–H and O–H groups in total. The van der Waals surface area contributed by atoms with Gasteiger partial charge < -0.3 is 0 Å². The smallest absolute Gasteiger partial charge is 0.247 e. The van der Waals surface area contributed by atoms with E-state index in [0.29, 0.717) is 22.3 Å². The van der Waals surface area contributed by atoms with Crippen LogP contribution in [0.2, 0.25) is 0 Å². The molecule has 12 heteroatoms. The van der Waals surface area contributed by atoms with Gasteiger partial charge in [-0.2, -0.15) is 0 Å². The lowest BCUT2D eigenvalue weighted by atomic mass is 10.3. The zero-order valence-corrected chi connectivity index (χ0v) is 21.2. The van der Waals surface area contributed by atoms with E-state index in [2.05, 4.69) is 26.3 Å². The van der Waals surface area contributed by atoms with Crippen LogP contribution in [0.5, 0.6) is 0 Å². The minimum atomic E-state index is -0.906. The normalized spacial score (nSPS) is 10.9. The van der Waals surface area contributed by atoms with E-state index in [1.54, 1.807) is 27.7 Å². The van der Waals surface area contributed by atoms with Crippen molar-refractivity contribution in [1.29, 1.82) is 0 Å². The molecule has 2 rings (SSSR count). The first-order valence-electron chi connectivity index (χ1n) is 11.1. The molecule has 0 saturated carbocycles. The summed E-state index contributed by atoms with van der Waals surface area (Å²) in [5, 5.41) is 0. The molecule has 0 spiro atoms. The Bertz CT molecular complexity index is 1390. The maximum absolute atomic E-state index is 13.1. The van der Waals surface area contributed by atoms with Gasteiger partial charge >= 0.3 is 34.1 Å². The Morgan fingerprint density at radius 3 is 0.750 bits per heavy atom. The minimum absolute atomic E-state index is 0.122. The fourth-order valence-corrected chi connectivity index (χ4v) is 3.57. The molecule has 12 nitrogen and oxygen atoms in total. The summed E-state index contributed by atoms with van der Waals surface area (Å²) in [5.41, 5.74) is -3.23. The van der Waals surface area contributed by atoms with E-state index in [9.17, 15) is 28.8 Å². The molecule has 0 aliphatic rings. The van der Waals surface area contributed by atoms with Gasteiger partial charge in [-0.05, 0) is 27.7 Å². The Morgan fingerprint density at radius 2 is 0.583 bits per heavy atom. The molecule has 194 valence electrons. The zero-order chi connectivity index (χ0) is 27.5. The van der Waals surface area contributed by atoms with Gasteiger partial charge in [-0.3, -0.25) is 0 Å². The summed E-state index contributed by atoms with van der Waals surface area (Å²) in [6.07, 6.45) is 0. The lowest BCUT2D eigenvalue weighted by Gasteiger charge is -2.16. The van der Waals surface area contributed by atoms with Crippen molar-refractivity contribution in [2.24, 2.45) is 0 Å². The maximum atomic E-state index is 13.1. The molecule has 0 aromatic carbocycles. The molecule has 0 aliphatic carbocycles. The maximum Gasteiger partial charge on any atom is 0.336 e. The van der Waals surface area contributed by atoms with Gasteiger partial charge in [0.2, 0.25) is 0 Å². The van der Waals surface area contributed by atoms with Crippen LogP contribution in [-0.4, -0.2) is 27.4 Å². The van der Waals surface area contributed by atoms with Crippen molar-refractivity contribution in [3.05, 3.63) is 112 Å². The molecule has 0 unspecified atom stereocenters. The third kappa shape index (κ3) is 5.88. The van der Waals surface area contributed by atoms with Crippen molar-refractivity contribution >= 4 is 0 Å². The van der Waals surface area contributed by atoms with Crippen molar-refractivity contribution in [3.63, 3.8) is 0 Å². The topological polar surface area (TPSA) is 132 Å². The van der Waals surface area contributed by atoms with Crippen LogP contribution < -0.4 is 34.1 Å². The number of hydrogen-bond donors (Lipinski definition) is 0. The monoisotopic (exact) mass is 500 g/mol. The van der Waals surface area contributed by atoms with E-state index < -0.39 is 47.2 Å². The highest BCUT2D eigenvalue weighted by Crippen LogP contribution is 1.94. The van der Waals surface area contributed by atoms with Gasteiger partial charge in [0, 0.05) is 0 Å². The lowest BCUT2D eigenvalue weighted by molar-refractivity contribution is 0.412. The predicted molar refractivity (Wildman–Crippen MR) is 138 cm³/mol. The molecule has 0 aliphatic heterocycles. The van der Waals surface area contributed by atoms with E-state index in [1.165, 1.54) is 0 Å². The molecule has 0 amide bonds. The molecular formula is C24H32N6O6. The van der Waals surface area contributed by atoms with Crippen molar-refractivity contribution < 1.29 is 0 Å². The largest absolute Gasteiger partial charge is 0.336 e. The number of aromatic nitrogens is 6. The molecule has 0 atom stereocenters. The molecule has 2 aromatic rings. The zero-order valence-electron chi connectivity index (χ0n) is 21.2. The number of nitrogens with zero attached hydrogens (tertiary/aromatic N) is 6. The lowest BCUT2D eigenvalue weighted by Crippen LogP contribution is -2.57. The van der Waals surface area contributed by atoms with E-state index in [0.717, 1.165) is 27.4 Å². The first kappa shape index (κ1) is 28.0. The SMILES string of the molecule is C=C(C)Cn1c(=O)n(CCn2c(=O)n(CC(=C)C)c(=O)n(CC(=C)C)c2=O)c(=O)n(CC(=C)C)c1=O. The van der Waals surface area contributed by atoms with Gasteiger partial charge in [0.25, 0.3) is 0 Å². The molecule has 36 heavy (non-hydrogen) atoms. The van der Waals surface area contributed by atoms with E-state index in [4.69, 9.17) is 0 Å². The van der Waals surface area contributed by atoms with Gasteiger partial charge in [0.1, 0.15) is 0 Å². The number of hydrogen-bond acceptors (Lipinski definition) is 6. The van der Waals surface area contributed by atoms with Gasteiger partial charge in [0.15, 0.2) is 0 Å². The van der Waals surface area contributed by atoms with Gasteiger partial charge in [-0.15, -0.1) is 0 Å². The van der Waals surface area contributed by atoms with Crippen LogP contribution in [0.3, 0.4) is 0 Å². The summed E-state index contributed by atoms with van der Waals surface area (Å²) in [4.78, 5) is 77.8. The highest BCUT2D eigenvalue weighted by atomic mass is 16.2. The van der Waals surface area contributed by atoms with Crippen LogP contribution >= 0.6 is 0 Å². The Labute approximate surface area is 206 Å². The summed E-state index contributed by atoms with van der Waals surface area (Å²) in [6.45, 7) is 20.1. The van der Waals surface area contributed by atoms with Crippen LogP contribution in [0.1, 0.15) is 27.7 Å². The van der Waals surface area contributed by atoms with Crippen LogP contribution in [0.4, 0.5) is 0 Å². The molecular weight excluding hydrogens is 468 g/mol. The van der Waals surface area contributed by atoms with Crippen LogP contribution in [0.25, 0.3) is 0 Å². The van der Waals surface area contributed by atoms with Crippen LogP contribution in [0, 0.1) is 0 Å². The van der Waals surface area contributed by atoms with Crippen molar-refractivity contribution in [1.82, 2.24) is 27.4 Å². The Kier molecular flexibility index (Phi) is 8.57. The summed E-state index contributed by atoms with van der Waals surface area (Å²) in [7, 11) is 0. The van der Waals surface area contributed by atoms with E-state index in [1.807, 2.05) is 0 Å². The average Bonchev–Trinajstić information content (AvgIpc) is 2.76. The van der Waals surface area contributed by atoms with Gasteiger partial charge in [0.05, 0.1) is 39.3 Å². The Balaban J connectivity index is 2.77. The molecule has 2 aromatic heterocycles. The quantitative estimate of drug-likeness (QED) is 0.388. The second kappa shape index (κ2) is 11.0. The highest BCUT2D eigenvalue weighted by molar-refractivity contribution is 4.96. The minimum Gasteiger partial charge on any atom is -0.247 e. The molecule has 0 bridgehead atoms. The highest BCUT2D eigenvalue weighted by Gasteiger charge is 2.19. The first-order valence-corrected chi connectivity index (χ1v) is 11.1. The van der Waals surface area contributed by atoms with E-state index >= 15 is 0 Å². The Morgan fingerprint density at radius 1 is 0.417 bits per heavy atom. The summed E-state index contributed by atoms with van der Waals surface area (Å²) >= 11 is 0. The van der Waals surface area contributed by atoms with Crippen molar-refractivity contribution in [2.75, 3.05) is 0 Å². The fourth-order valence-electron chi connectivity index (χ4n) is 3.57. The second-order valence-electron chi connectivity index (χ2n) is 9.17. The van der Waals surface area contributed by atoms with Gasteiger partial charge in [-0.25, -0.2) is 56.2 Å². The molecule has 0 fully saturated rings. The average molecular weight is 501 g/mol. The van der Waals surface area contributed by atoms with Crippen molar-refractivity contribution in [3.8, 4) is 0 Å². The van der Waals surface area contributed by atoms with Crippen molar-refractivity contribution in [2.45, 2.75) is 67.0 Å².